The zero-order chi connectivity index (χ0) is 26.4. The molecule has 5 heteroatoms. The molecule has 0 aromatic carbocycles. The van der Waals surface area contributed by atoms with Gasteiger partial charge >= 0.3 is 0 Å². The molecule has 0 radical (unpaired) electrons. The van der Waals surface area contributed by atoms with Crippen molar-refractivity contribution in [2.45, 2.75) is 133 Å². The van der Waals surface area contributed by atoms with E-state index in [2.05, 4.69) is 67.6 Å². The maximum atomic E-state index is 12.6. The van der Waals surface area contributed by atoms with Crippen LogP contribution in [-0.4, -0.2) is 49.6 Å². The van der Waals surface area contributed by atoms with Gasteiger partial charge in [-0.1, -0.05) is 81.6 Å². The van der Waals surface area contributed by atoms with Crippen LogP contribution in [0.15, 0.2) is 0 Å². The Morgan fingerprint density at radius 2 is 1.50 bits per heavy atom. The lowest BCUT2D eigenvalue weighted by atomic mass is 9.73. The molecule has 2 amide bonds. The van der Waals surface area contributed by atoms with Crippen LogP contribution in [-0.2, 0) is 14.3 Å². The van der Waals surface area contributed by atoms with Crippen molar-refractivity contribution in [1.82, 2.24) is 10.2 Å². The number of hydrogen-bond donors (Lipinski definition) is 1. The summed E-state index contributed by atoms with van der Waals surface area (Å²) in [6.45, 7) is 22.1. The van der Waals surface area contributed by atoms with Gasteiger partial charge in [0.15, 0.2) is 0 Å². The maximum absolute atomic E-state index is 12.6. The van der Waals surface area contributed by atoms with Crippen LogP contribution in [0.25, 0.3) is 0 Å². The molecule has 0 saturated carbocycles. The topological polar surface area (TPSA) is 58.6 Å². The van der Waals surface area contributed by atoms with Crippen LogP contribution in [0.2, 0.25) is 0 Å². The summed E-state index contributed by atoms with van der Waals surface area (Å²) in [6, 6.07) is 0. The summed E-state index contributed by atoms with van der Waals surface area (Å²) in [7, 11) is 1.71. The highest BCUT2D eigenvalue weighted by atomic mass is 16.5. The molecule has 0 aromatic heterocycles. The summed E-state index contributed by atoms with van der Waals surface area (Å²) in [5, 5.41) is 3.05. The SMILES string of the molecule is CCCC(C)(C)CCC.CCCCC(=O)NCC(C)(C)CC(C)(C)CC(=O)N1CCC(OC)C1. The number of ether oxygens (including phenoxy) is 1. The van der Waals surface area contributed by atoms with Gasteiger partial charge < -0.3 is 15.0 Å². The normalized spacial score (nSPS) is 16.8. The zero-order valence-electron chi connectivity index (χ0n) is 24.4. The van der Waals surface area contributed by atoms with Crippen LogP contribution in [0.5, 0.6) is 0 Å². The molecule has 1 fully saturated rings. The summed E-state index contributed by atoms with van der Waals surface area (Å²) >= 11 is 0. The Bertz CT molecular complexity index is 576. The molecule has 1 saturated heterocycles. The van der Waals surface area contributed by atoms with Crippen LogP contribution in [0.4, 0.5) is 0 Å². The van der Waals surface area contributed by atoms with E-state index < -0.39 is 0 Å². The minimum absolute atomic E-state index is 0.0360. The van der Waals surface area contributed by atoms with E-state index in [1.54, 1.807) is 7.11 Å². The third-order valence-corrected chi connectivity index (χ3v) is 6.79. The molecular formula is C29H58N2O3. The van der Waals surface area contributed by atoms with Gasteiger partial charge in [-0.3, -0.25) is 9.59 Å². The van der Waals surface area contributed by atoms with Crippen molar-refractivity contribution in [3.63, 3.8) is 0 Å². The molecule has 202 valence electrons. The third-order valence-electron chi connectivity index (χ3n) is 6.79. The number of amides is 2. The van der Waals surface area contributed by atoms with Crippen molar-refractivity contribution < 1.29 is 14.3 Å². The number of nitrogens with zero attached hydrogens (tertiary/aromatic N) is 1. The van der Waals surface area contributed by atoms with Crippen LogP contribution >= 0.6 is 0 Å². The number of nitrogens with one attached hydrogen (secondary N) is 1. The van der Waals surface area contributed by atoms with Gasteiger partial charge in [0.1, 0.15) is 0 Å². The molecule has 0 aromatic rings. The second-order valence-electron chi connectivity index (χ2n) is 12.7. The molecule has 1 aliphatic rings. The third kappa shape index (κ3) is 15.0. The number of carbonyl (C=O) groups excluding carboxylic acids is 2. The van der Waals surface area contributed by atoms with Crippen LogP contribution in [0.1, 0.15) is 127 Å². The molecule has 0 aliphatic carbocycles. The number of carbonyl (C=O) groups is 2. The first kappa shape index (κ1) is 32.9. The van der Waals surface area contributed by atoms with Crippen molar-refractivity contribution in [2.24, 2.45) is 16.2 Å². The van der Waals surface area contributed by atoms with Gasteiger partial charge in [-0.05, 0) is 48.3 Å². The van der Waals surface area contributed by atoms with E-state index >= 15 is 0 Å². The lowest BCUT2D eigenvalue weighted by molar-refractivity contribution is -0.133. The smallest absolute Gasteiger partial charge is 0.223 e. The van der Waals surface area contributed by atoms with Crippen molar-refractivity contribution in [3.8, 4) is 0 Å². The highest BCUT2D eigenvalue weighted by molar-refractivity contribution is 5.77. The predicted octanol–water partition coefficient (Wildman–Crippen LogP) is 6.99. The summed E-state index contributed by atoms with van der Waals surface area (Å²) in [6.07, 6.45) is 10.5. The van der Waals surface area contributed by atoms with Crippen LogP contribution < -0.4 is 5.32 Å². The number of unbranched alkanes of at least 4 members (excludes halogenated alkanes) is 1. The Morgan fingerprint density at radius 1 is 0.912 bits per heavy atom. The quantitative estimate of drug-likeness (QED) is 0.290. The first-order valence-corrected chi connectivity index (χ1v) is 13.8. The van der Waals surface area contributed by atoms with E-state index in [0.717, 1.165) is 32.2 Å². The molecule has 0 spiro atoms. The Labute approximate surface area is 212 Å². The van der Waals surface area contributed by atoms with E-state index in [-0.39, 0.29) is 28.7 Å². The summed E-state index contributed by atoms with van der Waals surface area (Å²) in [5.74, 6) is 0.346. The molecule has 1 unspecified atom stereocenters. The molecule has 1 aliphatic heterocycles. The number of likely N-dealkylation sites (tertiary alicyclic amines) is 1. The minimum Gasteiger partial charge on any atom is -0.380 e. The fraction of sp³-hybridized carbons (Fsp3) is 0.931. The summed E-state index contributed by atoms with van der Waals surface area (Å²) in [4.78, 5) is 26.4. The Kier molecular flexibility index (Phi) is 15.3. The van der Waals surface area contributed by atoms with E-state index in [0.29, 0.717) is 31.3 Å². The Balaban J connectivity index is 0.00000102. The van der Waals surface area contributed by atoms with Gasteiger partial charge in [0, 0.05) is 39.6 Å². The standard InChI is InChI=1S/C20H38N2O3.C9H20/c1-7-8-9-17(23)21-15-20(4,5)14-19(2,3)12-18(24)22-11-10-16(13-22)25-6;1-5-7-9(3,4)8-6-2/h16H,7-15H2,1-6H3,(H,21,23);5-8H2,1-4H3. The molecule has 5 nitrogen and oxygen atoms in total. The van der Waals surface area contributed by atoms with E-state index in [1.807, 2.05) is 4.90 Å². The van der Waals surface area contributed by atoms with Crippen molar-refractivity contribution in [3.05, 3.63) is 0 Å². The lowest BCUT2D eigenvalue weighted by Crippen LogP contribution is -2.39. The highest BCUT2D eigenvalue weighted by Gasteiger charge is 2.34. The fourth-order valence-corrected chi connectivity index (χ4v) is 5.33. The number of rotatable bonds is 14. The summed E-state index contributed by atoms with van der Waals surface area (Å²) < 4.78 is 5.35. The van der Waals surface area contributed by atoms with E-state index in [1.165, 1.54) is 25.7 Å². The molecule has 1 N–H and O–H groups in total. The van der Waals surface area contributed by atoms with Crippen molar-refractivity contribution in [1.29, 1.82) is 0 Å². The lowest BCUT2D eigenvalue weighted by Gasteiger charge is -2.35. The van der Waals surface area contributed by atoms with E-state index in [4.69, 9.17) is 4.74 Å². The van der Waals surface area contributed by atoms with Crippen molar-refractivity contribution >= 4 is 11.8 Å². The van der Waals surface area contributed by atoms with Gasteiger partial charge in [0.05, 0.1) is 6.10 Å². The summed E-state index contributed by atoms with van der Waals surface area (Å²) in [5.41, 5.74) is 0.467. The van der Waals surface area contributed by atoms with Crippen LogP contribution in [0, 0.1) is 16.2 Å². The molecule has 1 rings (SSSR count). The van der Waals surface area contributed by atoms with Gasteiger partial charge in [0.2, 0.25) is 11.8 Å². The Morgan fingerprint density at radius 3 is 1.97 bits per heavy atom. The first-order chi connectivity index (χ1) is 15.7. The second-order valence-corrected chi connectivity index (χ2v) is 12.7. The molecule has 34 heavy (non-hydrogen) atoms. The highest BCUT2D eigenvalue weighted by Crippen LogP contribution is 2.36. The maximum Gasteiger partial charge on any atom is 0.223 e. The first-order valence-electron chi connectivity index (χ1n) is 13.8. The number of hydrogen-bond acceptors (Lipinski definition) is 3. The Hall–Kier alpha value is -1.10. The largest absolute Gasteiger partial charge is 0.380 e. The minimum atomic E-state index is -0.0973. The molecule has 0 bridgehead atoms. The van der Waals surface area contributed by atoms with Crippen molar-refractivity contribution in [2.75, 3.05) is 26.7 Å². The van der Waals surface area contributed by atoms with Gasteiger partial charge in [-0.2, -0.15) is 0 Å². The zero-order valence-corrected chi connectivity index (χ0v) is 24.4. The van der Waals surface area contributed by atoms with Gasteiger partial charge in [0.25, 0.3) is 0 Å². The van der Waals surface area contributed by atoms with Crippen LogP contribution in [0.3, 0.4) is 0 Å². The molecule has 1 atom stereocenters. The van der Waals surface area contributed by atoms with Gasteiger partial charge in [-0.15, -0.1) is 0 Å². The van der Waals surface area contributed by atoms with E-state index in [9.17, 15) is 9.59 Å². The predicted molar refractivity (Wildman–Crippen MR) is 145 cm³/mol. The fourth-order valence-electron chi connectivity index (χ4n) is 5.33. The second kappa shape index (κ2) is 15.8. The monoisotopic (exact) mass is 482 g/mol. The number of methoxy groups -OCH3 is 1. The molecule has 1 heterocycles. The van der Waals surface area contributed by atoms with Gasteiger partial charge in [-0.25, -0.2) is 0 Å². The average molecular weight is 483 g/mol. The molecular weight excluding hydrogens is 424 g/mol. The average Bonchev–Trinajstić information content (AvgIpc) is 3.19.